The average molecular weight is 586 g/mol. The van der Waals surface area contributed by atoms with Crippen molar-refractivity contribution in [1.82, 2.24) is 4.57 Å². The molecule has 4 aromatic rings. The van der Waals surface area contributed by atoms with Crippen molar-refractivity contribution >= 4 is 29.1 Å². The van der Waals surface area contributed by atoms with Crippen LogP contribution in [0.15, 0.2) is 93.9 Å². The van der Waals surface area contributed by atoms with Crippen molar-refractivity contribution in [2.45, 2.75) is 26.5 Å². The summed E-state index contributed by atoms with van der Waals surface area (Å²) in [7, 11) is 1.54. The number of methoxy groups -OCH3 is 1. The summed E-state index contributed by atoms with van der Waals surface area (Å²) in [5.74, 6) is 0.615. The number of hydrogen-bond acceptors (Lipinski definition) is 9. The summed E-state index contributed by atoms with van der Waals surface area (Å²) in [6.45, 7) is 3.90. The van der Waals surface area contributed by atoms with Crippen LogP contribution in [0.5, 0.6) is 11.5 Å². The smallest absolute Gasteiger partial charge is 0.338 e. The molecule has 5 rings (SSSR count). The molecule has 0 saturated heterocycles. The van der Waals surface area contributed by atoms with Crippen LogP contribution in [-0.2, 0) is 16.1 Å². The molecule has 2 heterocycles. The van der Waals surface area contributed by atoms with Crippen LogP contribution in [0.1, 0.15) is 36.6 Å². The van der Waals surface area contributed by atoms with E-state index in [2.05, 4.69) is 4.99 Å². The number of esters is 1. The number of nitrogens with zero attached hydrogens (tertiary/aromatic N) is 3. The van der Waals surface area contributed by atoms with Crippen LogP contribution in [0.25, 0.3) is 6.08 Å². The highest BCUT2D eigenvalue weighted by Crippen LogP contribution is 2.35. The van der Waals surface area contributed by atoms with E-state index in [1.165, 1.54) is 28.0 Å². The van der Waals surface area contributed by atoms with Crippen molar-refractivity contribution in [3.63, 3.8) is 0 Å². The third kappa shape index (κ3) is 5.72. The predicted molar refractivity (Wildman–Crippen MR) is 157 cm³/mol. The fraction of sp³-hybridized carbons (Fsp3) is 0.194. The second kappa shape index (κ2) is 12.2. The lowest BCUT2D eigenvalue weighted by molar-refractivity contribution is -0.384. The Morgan fingerprint density at radius 3 is 2.48 bits per heavy atom. The third-order valence-electron chi connectivity index (χ3n) is 6.68. The maximum atomic E-state index is 13.8. The number of carbonyl (C=O) groups is 1. The summed E-state index contributed by atoms with van der Waals surface area (Å²) in [6, 6.07) is 19.9. The van der Waals surface area contributed by atoms with Crippen LogP contribution in [0.4, 0.5) is 5.69 Å². The molecular weight excluding hydrogens is 558 g/mol. The molecule has 42 heavy (non-hydrogen) atoms. The van der Waals surface area contributed by atoms with Gasteiger partial charge in [-0.15, -0.1) is 0 Å². The maximum Gasteiger partial charge on any atom is 0.338 e. The topological polar surface area (TPSA) is 122 Å². The third-order valence-corrected chi connectivity index (χ3v) is 7.66. The van der Waals surface area contributed by atoms with Gasteiger partial charge >= 0.3 is 5.97 Å². The van der Waals surface area contributed by atoms with Gasteiger partial charge < -0.3 is 14.2 Å². The molecule has 10 nitrogen and oxygen atoms in total. The normalized spacial score (nSPS) is 14.6. The highest BCUT2D eigenvalue weighted by atomic mass is 32.1. The number of rotatable bonds is 9. The molecule has 1 aromatic heterocycles. The van der Waals surface area contributed by atoms with Crippen LogP contribution >= 0.6 is 11.3 Å². The van der Waals surface area contributed by atoms with E-state index in [9.17, 15) is 19.7 Å². The molecule has 1 aliphatic rings. The summed E-state index contributed by atoms with van der Waals surface area (Å²) in [6.07, 6.45) is 1.77. The molecule has 0 radical (unpaired) electrons. The molecule has 0 fully saturated rings. The largest absolute Gasteiger partial charge is 0.496 e. The Balaban J connectivity index is 1.47. The fourth-order valence-electron chi connectivity index (χ4n) is 4.67. The van der Waals surface area contributed by atoms with Gasteiger partial charge in [-0.05, 0) is 61.4 Å². The quantitative estimate of drug-likeness (QED) is 0.163. The average Bonchev–Trinajstić information content (AvgIpc) is 3.30. The zero-order valence-electron chi connectivity index (χ0n) is 23.1. The van der Waals surface area contributed by atoms with Gasteiger partial charge in [0.15, 0.2) is 4.80 Å². The number of benzene rings is 3. The summed E-state index contributed by atoms with van der Waals surface area (Å²) in [5, 5.41) is 10.8. The first-order valence-corrected chi connectivity index (χ1v) is 13.9. The van der Waals surface area contributed by atoms with Crippen molar-refractivity contribution in [2.24, 2.45) is 4.99 Å². The maximum absolute atomic E-state index is 13.8. The molecule has 0 aliphatic carbocycles. The van der Waals surface area contributed by atoms with Crippen molar-refractivity contribution in [3.05, 3.63) is 131 Å². The van der Waals surface area contributed by atoms with Gasteiger partial charge in [0, 0.05) is 17.7 Å². The fourth-order valence-corrected chi connectivity index (χ4v) is 5.72. The van der Waals surface area contributed by atoms with Gasteiger partial charge in [-0.2, -0.15) is 0 Å². The second-order valence-electron chi connectivity index (χ2n) is 9.33. The summed E-state index contributed by atoms with van der Waals surface area (Å²) < 4.78 is 18.7. The molecule has 3 aromatic carbocycles. The number of aromatic nitrogens is 1. The van der Waals surface area contributed by atoms with Gasteiger partial charge in [-0.1, -0.05) is 41.7 Å². The molecule has 0 amide bonds. The van der Waals surface area contributed by atoms with Crippen molar-refractivity contribution < 1.29 is 23.9 Å². The Morgan fingerprint density at radius 2 is 1.81 bits per heavy atom. The lowest BCUT2D eigenvalue weighted by atomic mass is 9.95. The number of carbonyl (C=O) groups excluding carboxylic acids is 1. The number of ether oxygens (including phenoxy) is 3. The molecule has 214 valence electrons. The SMILES string of the molecule is CCOC(=O)C1=C(C)N=c2s/c(=C\c3ccc(OCc4ccc([N+](=O)[O-])cc4)cc3)c(=O)n2C1c1ccccc1OC. The zero-order valence-corrected chi connectivity index (χ0v) is 23.9. The van der Waals surface area contributed by atoms with Crippen LogP contribution in [0, 0.1) is 10.1 Å². The first-order valence-electron chi connectivity index (χ1n) is 13.1. The summed E-state index contributed by atoms with van der Waals surface area (Å²) >= 11 is 1.24. The van der Waals surface area contributed by atoms with Crippen molar-refractivity contribution in [1.29, 1.82) is 0 Å². The van der Waals surface area contributed by atoms with E-state index in [0.717, 1.165) is 11.1 Å². The predicted octanol–water partition coefficient (Wildman–Crippen LogP) is 4.29. The number of fused-ring (bicyclic) bond motifs is 1. The van der Waals surface area contributed by atoms with E-state index in [4.69, 9.17) is 14.2 Å². The molecule has 0 saturated carbocycles. The minimum absolute atomic E-state index is 0.0230. The van der Waals surface area contributed by atoms with Gasteiger partial charge in [0.1, 0.15) is 24.1 Å². The van der Waals surface area contributed by atoms with Crippen LogP contribution in [0.2, 0.25) is 0 Å². The molecule has 0 N–H and O–H groups in total. The number of nitro benzene ring substituents is 1. The lowest BCUT2D eigenvalue weighted by Crippen LogP contribution is -2.40. The number of non-ortho nitro benzene ring substituents is 1. The summed E-state index contributed by atoms with van der Waals surface area (Å²) in [5.41, 5.74) is 2.73. The molecule has 1 atom stereocenters. The number of hydrogen-bond donors (Lipinski definition) is 0. The van der Waals surface area contributed by atoms with Gasteiger partial charge in [0.2, 0.25) is 0 Å². The lowest BCUT2D eigenvalue weighted by Gasteiger charge is -2.25. The van der Waals surface area contributed by atoms with Crippen molar-refractivity contribution in [3.8, 4) is 11.5 Å². The molecule has 11 heteroatoms. The Morgan fingerprint density at radius 1 is 1.10 bits per heavy atom. The van der Waals surface area contributed by atoms with Crippen LogP contribution in [-0.4, -0.2) is 29.2 Å². The number of allylic oxidation sites excluding steroid dienone is 1. The minimum Gasteiger partial charge on any atom is -0.496 e. The van der Waals surface area contributed by atoms with Gasteiger partial charge in [0.25, 0.3) is 11.2 Å². The highest BCUT2D eigenvalue weighted by Gasteiger charge is 2.34. The number of nitro groups is 1. The van der Waals surface area contributed by atoms with E-state index < -0.39 is 16.9 Å². The van der Waals surface area contributed by atoms with E-state index in [0.29, 0.717) is 32.1 Å². The second-order valence-corrected chi connectivity index (χ2v) is 10.3. The molecule has 0 bridgehead atoms. The zero-order chi connectivity index (χ0) is 29.8. The molecular formula is C31H27N3O7S. The Labute approximate surface area is 244 Å². The Bertz CT molecular complexity index is 1860. The minimum atomic E-state index is -0.770. The van der Waals surface area contributed by atoms with Gasteiger partial charge in [-0.25, -0.2) is 9.79 Å². The van der Waals surface area contributed by atoms with Crippen LogP contribution in [0.3, 0.4) is 0 Å². The number of thiazole rings is 1. The first kappa shape index (κ1) is 28.5. The van der Waals surface area contributed by atoms with E-state index in [1.54, 1.807) is 57.4 Å². The summed E-state index contributed by atoms with van der Waals surface area (Å²) in [4.78, 5) is 42.4. The Hall–Kier alpha value is -5.03. The molecule has 0 spiro atoms. The highest BCUT2D eigenvalue weighted by molar-refractivity contribution is 7.07. The van der Waals surface area contributed by atoms with E-state index >= 15 is 0 Å². The Kier molecular flexibility index (Phi) is 8.30. The van der Waals surface area contributed by atoms with Gasteiger partial charge in [0.05, 0.1) is 34.4 Å². The van der Waals surface area contributed by atoms with Crippen LogP contribution < -0.4 is 24.4 Å². The molecule has 1 unspecified atom stereocenters. The van der Waals surface area contributed by atoms with Crippen molar-refractivity contribution in [2.75, 3.05) is 13.7 Å². The van der Waals surface area contributed by atoms with E-state index in [-0.39, 0.29) is 30.0 Å². The van der Waals surface area contributed by atoms with E-state index in [1.807, 2.05) is 30.3 Å². The number of para-hydroxylation sites is 1. The first-order chi connectivity index (χ1) is 20.3. The van der Waals surface area contributed by atoms with Gasteiger partial charge in [-0.3, -0.25) is 19.5 Å². The standard InChI is InChI=1S/C31H27N3O7S/c1-4-40-30(36)27-19(2)32-31-33(28(27)24-7-5-6-8-25(24)39-3)29(35)26(42-31)17-20-11-15-23(16-12-20)41-18-21-9-13-22(14-10-21)34(37)38/h5-17,28H,4,18H2,1-3H3/b26-17-. The molecule has 1 aliphatic heterocycles. The monoisotopic (exact) mass is 585 g/mol.